The lowest BCUT2D eigenvalue weighted by Crippen LogP contribution is -1.93. The van der Waals surface area contributed by atoms with Crippen molar-refractivity contribution in [2.75, 3.05) is 0 Å². The first-order chi connectivity index (χ1) is 6.50. The number of hydrogen-bond acceptors (Lipinski definition) is 4. The van der Waals surface area contributed by atoms with E-state index in [0.29, 0.717) is 11.1 Å². The van der Waals surface area contributed by atoms with Crippen LogP contribution in [0.5, 0.6) is 0 Å². The van der Waals surface area contributed by atoms with Crippen LogP contribution in [0.2, 0.25) is 0 Å². The van der Waals surface area contributed by atoms with E-state index in [1.807, 2.05) is 0 Å². The summed E-state index contributed by atoms with van der Waals surface area (Å²) in [5.74, 6) is 0. The Morgan fingerprint density at radius 2 is 2.07 bits per heavy atom. The fourth-order valence-corrected chi connectivity index (χ4v) is 1.38. The molecule has 74 valence electrons. The van der Waals surface area contributed by atoms with E-state index >= 15 is 0 Å². The minimum absolute atomic E-state index is 0.0794. The van der Waals surface area contributed by atoms with Crippen molar-refractivity contribution in [3.05, 3.63) is 39.4 Å². The molecule has 6 heteroatoms. The summed E-state index contributed by atoms with van der Waals surface area (Å²) in [6, 6.07) is 4.25. The molecule has 0 aliphatic heterocycles. The second-order valence-corrected chi connectivity index (χ2v) is 3.44. The van der Waals surface area contributed by atoms with Crippen LogP contribution in [0.1, 0.15) is 11.1 Å². The maximum atomic E-state index is 10.5. The van der Waals surface area contributed by atoms with Crippen molar-refractivity contribution in [3.63, 3.8) is 0 Å². The van der Waals surface area contributed by atoms with Crippen LogP contribution < -0.4 is 0 Å². The van der Waals surface area contributed by atoms with Crippen LogP contribution in [0, 0.1) is 17.0 Å². The van der Waals surface area contributed by atoms with Crippen molar-refractivity contribution >= 4 is 21.3 Å². The van der Waals surface area contributed by atoms with Gasteiger partial charge in [-0.1, -0.05) is 12.1 Å². The highest BCUT2D eigenvalue weighted by Crippen LogP contribution is 2.17. The fourth-order valence-electron chi connectivity index (χ4n) is 1.01. The maximum Gasteiger partial charge on any atom is 0.272 e. The topological polar surface area (TPSA) is 77.3 Å². The second-order valence-electron chi connectivity index (χ2n) is 2.68. The minimum Gasteiger partial charge on any atom is -0.258 e. The highest BCUT2D eigenvalue weighted by molar-refractivity contribution is 7.71. The van der Waals surface area contributed by atoms with Crippen molar-refractivity contribution in [3.8, 4) is 0 Å². The van der Waals surface area contributed by atoms with Crippen LogP contribution in [0.4, 0.5) is 5.69 Å². The molecule has 1 aromatic carbocycles. The van der Waals surface area contributed by atoms with E-state index < -0.39 is 15.2 Å². The molecule has 14 heavy (non-hydrogen) atoms. The van der Waals surface area contributed by atoms with E-state index in [4.69, 9.17) is 0 Å². The van der Waals surface area contributed by atoms with E-state index in [1.165, 1.54) is 18.2 Å². The molecule has 0 bridgehead atoms. The molecule has 0 saturated heterocycles. The number of nitro groups is 1. The van der Waals surface area contributed by atoms with Gasteiger partial charge in [0.25, 0.3) is 5.69 Å². The molecule has 0 N–H and O–H groups in total. The lowest BCUT2D eigenvalue weighted by Gasteiger charge is -1.96. The van der Waals surface area contributed by atoms with Gasteiger partial charge in [-0.3, -0.25) is 10.1 Å². The Labute approximate surface area is 81.7 Å². The van der Waals surface area contributed by atoms with Gasteiger partial charge in [0.2, 0.25) is 10.3 Å². The zero-order valence-electron chi connectivity index (χ0n) is 7.30. The molecule has 0 heterocycles. The predicted octanol–water partition coefficient (Wildman–Crippen LogP) is 0.933. The molecular formula is C8H7NO4S. The molecule has 1 rings (SSSR count). The second kappa shape index (κ2) is 4.01. The lowest BCUT2D eigenvalue weighted by atomic mass is 10.1. The highest BCUT2D eigenvalue weighted by atomic mass is 32.2. The Hall–Kier alpha value is -1.69. The Bertz CT molecular complexity index is 496. The normalized spacial score (nSPS) is 9.50. The van der Waals surface area contributed by atoms with Gasteiger partial charge >= 0.3 is 0 Å². The first kappa shape index (κ1) is 10.4. The molecule has 0 atom stereocenters. The molecule has 0 aromatic heterocycles. The van der Waals surface area contributed by atoms with E-state index in [2.05, 4.69) is 0 Å². The van der Waals surface area contributed by atoms with Crippen LogP contribution in [-0.2, 0) is 10.3 Å². The Morgan fingerprint density at radius 1 is 1.43 bits per heavy atom. The quantitative estimate of drug-likeness (QED) is 0.416. The monoisotopic (exact) mass is 213 g/mol. The largest absolute Gasteiger partial charge is 0.272 e. The molecule has 0 fully saturated rings. The maximum absolute atomic E-state index is 10.5. The van der Waals surface area contributed by atoms with Gasteiger partial charge in [0, 0.05) is 11.6 Å². The molecule has 1 aromatic rings. The van der Waals surface area contributed by atoms with Crippen LogP contribution in [0.3, 0.4) is 0 Å². The molecule has 0 spiro atoms. The third kappa shape index (κ3) is 2.40. The summed E-state index contributed by atoms with van der Waals surface area (Å²) in [7, 11) is -2.34. The third-order valence-electron chi connectivity index (χ3n) is 1.66. The third-order valence-corrected chi connectivity index (χ3v) is 2.13. The number of rotatable bonds is 2. The molecule has 0 radical (unpaired) electrons. The molecule has 0 unspecified atom stereocenters. The predicted molar refractivity (Wildman–Crippen MR) is 51.9 cm³/mol. The first-order valence-corrected chi connectivity index (χ1v) is 4.82. The zero-order chi connectivity index (χ0) is 10.7. The van der Waals surface area contributed by atoms with Crippen LogP contribution >= 0.6 is 0 Å². The Kier molecular flexibility index (Phi) is 2.98. The summed E-state index contributed by atoms with van der Waals surface area (Å²) in [6.45, 7) is 1.59. The summed E-state index contributed by atoms with van der Waals surface area (Å²) in [5.41, 5.74) is 0.726. The molecule has 0 aliphatic carbocycles. The van der Waals surface area contributed by atoms with Gasteiger partial charge in [0.1, 0.15) is 0 Å². The van der Waals surface area contributed by atoms with Gasteiger partial charge in [0.15, 0.2) is 0 Å². The van der Waals surface area contributed by atoms with Gasteiger partial charge in [0.05, 0.1) is 10.3 Å². The van der Waals surface area contributed by atoms with Crippen LogP contribution in [-0.4, -0.2) is 18.7 Å². The summed E-state index contributed by atoms with van der Waals surface area (Å²) in [6.07, 6.45) is 0. The van der Waals surface area contributed by atoms with Crippen LogP contribution in [0.25, 0.3) is 0 Å². The van der Waals surface area contributed by atoms with Crippen LogP contribution in [0.15, 0.2) is 18.2 Å². The van der Waals surface area contributed by atoms with Gasteiger partial charge in [-0.15, -0.1) is 0 Å². The number of nitrogens with zero attached hydrogens (tertiary/aromatic N) is 1. The summed E-state index contributed by atoms with van der Waals surface area (Å²) in [5, 5.41) is 11.4. The number of nitro benzene ring substituents is 1. The SMILES string of the molecule is Cc1ccc(C=S(=O)=O)cc1[N+](=O)[O-]. The summed E-state index contributed by atoms with van der Waals surface area (Å²) >= 11 is 0. The number of aryl methyl sites for hydroxylation is 1. The van der Waals surface area contributed by atoms with Gasteiger partial charge < -0.3 is 0 Å². The van der Waals surface area contributed by atoms with Gasteiger partial charge in [-0.05, 0) is 12.5 Å². The highest BCUT2D eigenvalue weighted by Gasteiger charge is 2.09. The van der Waals surface area contributed by atoms with Crippen molar-refractivity contribution in [1.29, 1.82) is 0 Å². The average molecular weight is 213 g/mol. The zero-order valence-corrected chi connectivity index (χ0v) is 8.11. The Balaban J connectivity index is 3.33. The molecular weight excluding hydrogens is 206 g/mol. The van der Waals surface area contributed by atoms with Gasteiger partial charge in [-0.25, -0.2) is 0 Å². The molecule has 0 saturated carbocycles. The number of hydrogen-bond donors (Lipinski definition) is 0. The van der Waals surface area contributed by atoms with Crippen molar-refractivity contribution in [1.82, 2.24) is 0 Å². The molecule has 0 amide bonds. The van der Waals surface area contributed by atoms with E-state index in [1.54, 1.807) is 6.92 Å². The average Bonchev–Trinajstić information content (AvgIpc) is 2.07. The van der Waals surface area contributed by atoms with Gasteiger partial charge in [-0.2, -0.15) is 8.42 Å². The molecule has 5 nitrogen and oxygen atoms in total. The number of benzene rings is 1. The minimum atomic E-state index is -2.34. The van der Waals surface area contributed by atoms with Crippen molar-refractivity contribution in [2.24, 2.45) is 0 Å². The molecule has 0 aliphatic rings. The van der Waals surface area contributed by atoms with Crippen molar-refractivity contribution in [2.45, 2.75) is 6.92 Å². The summed E-state index contributed by atoms with van der Waals surface area (Å²) in [4.78, 5) is 9.96. The van der Waals surface area contributed by atoms with E-state index in [0.717, 1.165) is 5.37 Å². The van der Waals surface area contributed by atoms with E-state index in [9.17, 15) is 18.5 Å². The first-order valence-electron chi connectivity index (χ1n) is 3.68. The summed E-state index contributed by atoms with van der Waals surface area (Å²) < 4.78 is 20.6. The standard InChI is InChI=1S/C8H7NO4S/c1-6-2-3-7(5-14(12)13)4-8(6)9(10)11/h2-5H,1H3. The Morgan fingerprint density at radius 3 is 2.57 bits per heavy atom. The van der Waals surface area contributed by atoms with E-state index in [-0.39, 0.29) is 5.69 Å². The fraction of sp³-hybridized carbons (Fsp3) is 0.125. The van der Waals surface area contributed by atoms with Crippen molar-refractivity contribution < 1.29 is 13.3 Å². The smallest absolute Gasteiger partial charge is 0.258 e. The lowest BCUT2D eigenvalue weighted by molar-refractivity contribution is -0.385.